The average Bonchev–Trinajstić information content (AvgIpc) is 3.35. The maximum Gasteiger partial charge on any atom is 0.259 e. The first-order valence-corrected chi connectivity index (χ1v) is 9.49. The number of hydrogen-bond acceptors (Lipinski definition) is 7. The van der Waals surface area contributed by atoms with Crippen LogP contribution in [0.5, 0.6) is 11.8 Å². The molecule has 1 unspecified atom stereocenters. The number of hydrogen-bond donors (Lipinski definition) is 0. The van der Waals surface area contributed by atoms with E-state index in [0.717, 1.165) is 0 Å². The molecule has 0 N–H and O–H groups in total. The van der Waals surface area contributed by atoms with Gasteiger partial charge in [0.25, 0.3) is 5.91 Å². The van der Waals surface area contributed by atoms with Crippen molar-refractivity contribution in [3.8, 4) is 23.0 Å². The first kappa shape index (κ1) is 19.2. The van der Waals surface area contributed by atoms with Gasteiger partial charge in [-0.3, -0.25) is 4.79 Å². The Bertz CT molecular complexity index is 1020. The van der Waals surface area contributed by atoms with Gasteiger partial charge < -0.3 is 18.9 Å². The summed E-state index contributed by atoms with van der Waals surface area (Å²) in [6, 6.07) is 10.6. The fourth-order valence-electron chi connectivity index (χ4n) is 3.28. The summed E-state index contributed by atoms with van der Waals surface area (Å²) >= 11 is 6.29. The number of carbonyl (C=O) groups excluding carboxylic acids is 1. The highest BCUT2D eigenvalue weighted by atomic mass is 35.5. The molecule has 1 aliphatic rings. The van der Waals surface area contributed by atoms with Crippen LogP contribution in [0, 0.1) is 6.92 Å². The predicted molar refractivity (Wildman–Crippen MR) is 105 cm³/mol. The highest BCUT2D eigenvalue weighted by Crippen LogP contribution is 2.32. The van der Waals surface area contributed by atoms with Crippen LogP contribution in [-0.4, -0.2) is 52.5 Å². The van der Waals surface area contributed by atoms with Crippen molar-refractivity contribution in [2.24, 2.45) is 0 Å². The molecule has 3 aromatic rings. The van der Waals surface area contributed by atoms with Crippen molar-refractivity contribution >= 4 is 17.5 Å². The lowest BCUT2D eigenvalue weighted by Gasteiger charge is -2.17. The van der Waals surface area contributed by atoms with E-state index < -0.39 is 0 Å². The summed E-state index contributed by atoms with van der Waals surface area (Å²) in [5, 5.41) is 12.4. The second kappa shape index (κ2) is 8.08. The fraction of sp³-hybridized carbons (Fsp3) is 0.300. The molecule has 1 aliphatic heterocycles. The molecule has 4 rings (SSSR count). The van der Waals surface area contributed by atoms with Crippen LogP contribution >= 0.6 is 11.6 Å². The van der Waals surface area contributed by atoms with Gasteiger partial charge in [0.15, 0.2) is 0 Å². The zero-order valence-electron chi connectivity index (χ0n) is 16.0. The Hall–Kier alpha value is -3.13. The quantitative estimate of drug-likeness (QED) is 0.631. The van der Waals surface area contributed by atoms with Crippen LogP contribution in [0.15, 0.2) is 40.9 Å². The third-order valence-corrected chi connectivity index (χ3v) is 5.08. The molecule has 1 amide bonds. The molecule has 150 valence electrons. The molecule has 9 heteroatoms. The van der Waals surface area contributed by atoms with E-state index in [0.29, 0.717) is 58.9 Å². The van der Waals surface area contributed by atoms with Crippen LogP contribution in [0.3, 0.4) is 0 Å². The Labute approximate surface area is 172 Å². The SMILES string of the molecule is COc1ccc(OC2CCN(C(=O)c3c(-c4ccccc4Cl)noc3C)C2)nn1. The van der Waals surface area contributed by atoms with Crippen molar-refractivity contribution in [1.29, 1.82) is 0 Å². The second-order valence-corrected chi connectivity index (χ2v) is 7.04. The van der Waals surface area contributed by atoms with Gasteiger partial charge in [-0.2, -0.15) is 0 Å². The minimum Gasteiger partial charge on any atom is -0.480 e. The van der Waals surface area contributed by atoms with E-state index in [9.17, 15) is 4.79 Å². The number of halogens is 1. The number of likely N-dealkylation sites (tertiary alicyclic amines) is 1. The second-order valence-electron chi connectivity index (χ2n) is 6.64. The van der Waals surface area contributed by atoms with Crippen LogP contribution in [0.4, 0.5) is 0 Å². The molecule has 1 saturated heterocycles. The number of aryl methyl sites for hydroxylation is 1. The molecule has 0 radical (unpaired) electrons. The monoisotopic (exact) mass is 414 g/mol. The van der Waals surface area contributed by atoms with E-state index in [1.807, 2.05) is 18.2 Å². The molecule has 0 bridgehead atoms. The number of benzene rings is 1. The summed E-state index contributed by atoms with van der Waals surface area (Å²) in [6.45, 7) is 2.70. The van der Waals surface area contributed by atoms with Crippen LogP contribution in [0.1, 0.15) is 22.5 Å². The number of carbonyl (C=O) groups is 1. The van der Waals surface area contributed by atoms with E-state index in [4.69, 9.17) is 25.6 Å². The van der Waals surface area contributed by atoms with E-state index in [1.165, 1.54) is 7.11 Å². The highest BCUT2D eigenvalue weighted by molar-refractivity contribution is 6.33. The average molecular weight is 415 g/mol. The van der Waals surface area contributed by atoms with E-state index in [2.05, 4.69) is 15.4 Å². The van der Waals surface area contributed by atoms with Gasteiger partial charge in [0.05, 0.1) is 18.7 Å². The van der Waals surface area contributed by atoms with E-state index in [-0.39, 0.29) is 12.0 Å². The number of rotatable bonds is 5. The summed E-state index contributed by atoms with van der Waals surface area (Å²) in [5.41, 5.74) is 1.53. The standard InChI is InChI=1S/C20H19ClN4O4/c1-12-18(19(24-29-12)14-5-3-4-6-15(14)21)20(26)25-10-9-13(11-25)28-17-8-7-16(27-2)22-23-17/h3-8,13H,9-11H2,1-2H3. The zero-order valence-corrected chi connectivity index (χ0v) is 16.7. The molecular formula is C20H19ClN4O4. The Morgan fingerprint density at radius 1 is 1.21 bits per heavy atom. The molecule has 3 heterocycles. The molecule has 0 spiro atoms. The van der Waals surface area contributed by atoms with Gasteiger partial charge in [-0.15, -0.1) is 10.2 Å². The van der Waals surface area contributed by atoms with Crippen LogP contribution in [0.25, 0.3) is 11.3 Å². The van der Waals surface area contributed by atoms with Crippen LogP contribution in [0.2, 0.25) is 5.02 Å². The van der Waals surface area contributed by atoms with Crippen molar-refractivity contribution < 1.29 is 18.8 Å². The fourth-order valence-corrected chi connectivity index (χ4v) is 3.50. The lowest BCUT2D eigenvalue weighted by atomic mass is 10.1. The summed E-state index contributed by atoms with van der Waals surface area (Å²) in [5.74, 6) is 1.10. The number of ether oxygens (including phenoxy) is 2. The van der Waals surface area contributed by atoms with Crippen LogP contribution < -0.4 is 9.47 Å². The Kier molecular flexibility index (Phi) is 5.35. The van der Waals surface area contributed by atoms with Crippen molar-refractivity contribution in [3.05, 3.63) is 52.7 Å². The first-order valence-electron chi connectivity index (χ1n) is 9.11. The molecule has 29 heavy (non-hydrogen) atoms. The molecule has 0 saturated carbocycles. The zero-order chi connectivity index (χ0) is 20.4. The normalized spacial score (nSPS) is 16.1. The van der Waals surface area contributed by atoms with Gasteiger partial charge in [-0.1, -0.05) is 35.0 Å². The maximum atomic E-state index is 13.2. The Balaban J connectivity index is 1.50. The molecule has 8 nitrogen and oxygen atoms in total. The largest absolute Gasteiger partial charge is 0.480 e. The number of methoxy groups -OCH3 is 1. The first-order chi connectivity index (χ1) is 14.1. The van der Waals surface area contributed by atoms with E-state index in [1.54, 1.807) is 30.0 Å². The van der Waals surface area contributed by atoms with E-state index >= 15 is 0 Å². The van der Waals surface area contributed by atoms with Crippen molar-refractivity contribution in [3.63, 3.8) is 0 Å². The summed E-state index contributed by atoms with van der Waals surface area (Å²) in [7, 11) is 1.52. The van der Waals surface area contributed by atoms with Crippen molar-refractivity contribution in [2.75, 3.05) is 20.2 Å². The molecule has 0 aliphatic carbocycles. The number of aromatic nitrogens is 3. The lowest BCUT2D eigenvalue weighted by Crippen LogP contribution is -2.31. The van der Waals surface area contributed by atoms with Gasteiger partial charge in [0, 0.05) is 30.7 Å². The molecule has 1 fully saturated rings. The Morgan fingerprint density at radius 3 is 2.69 bits per heavy atom. The van der Waals surface area contributed by atoms with Gasteiger partial charge in [0.2, 0.25) is 11.8 Å². The molecular weight excluding hydrogens is 396 g/mol. The number of nitrogens with zero attached hydrogens (tertiary/aromatic N) is 4. The van der Waals surface area contributed by atoms with Gasteiger partial charge in [-0.05, 0) is 13.0 Å². The predicted octanol–water partition coefficient (Wildman–Crippen LogP) is 3.40. The van der Waals surface area contributed by atoms with Crippen molar-refractivity contribution in [2.45, 2.75) is 19.4 Å². The van der Waals surface area contributed by atoms with Gasteiger partial charge >= 0.3 is 0 Å². The summed E-state index contributed by atoms with van der Waals surface area (Å²) < 4.78 is 16.2. The topological polar surface area (TPSA) is 90.6 Å². The minimum atomic E-state index is -0.175. The number of amides is 1. The molecule has 1 aromatic carbocycles. The summed E-state index contributed by atoms with van der Waals surface area (Å²) in [6.07, 6.45) is 0.510. The third-order valence-electron chi connectivity index (χ3n) is 4.75. The third kappa shape index (κ3) is 3.88. The van der Waals surface area contributed by atoms with Gasteiger partial charge in [0.1, 0.15) is 23.1 Å². The Morgan fingerprint density at radius 2 is 1.97 bits per heavy atom. The molecule has 1 atom stereocenters. The minimum absolute atomic E-state index is 0.161. The summed E-state index contributed by atoms with van der Waals surface area (Å²) in [4.78, 5) is 14.9. The lowest BCUT2D eigenvalue weighted by molar-refractivity contribution is 0.0770. The maximum absolute atomic E-state index is 13.2. The van der Waals surface area contributed by atoms with Crippen LogP contribution in [-0.2, 0) is 0 Å². The van der Waals surface area contributed by atoms with Crippen molar-refractivity contribution in [1.82, 2.24) is 20.3 Å². The van der Waals surface area contributed by atoms with Gasteiger partial charge in [-0.25, -0.2) is 0 Å². The molecule has 2 aromatic heterocycles. The highest BCUT2D eigenvalue weighted by Gasteiger charge is 2.33. The smallest absolute Gasteiger partial charge is 0.259 e.